The van der Waals surface area contributed by atoms with Gasteiger partial charge in [-0.15, -0.1) is 0 Å². The molecule has 0 saturated heterocycles. The van der Waals surface area contributed by atoms with Crippen molar-refractivity contribution in [3.05, 3.63) is 71.8 Å². The van der Waals surface area contributed by atoms with Gasteiger partial charge in [0, 0.05) is 12.3 Å². The number of aliphatic carboxylic acids is 1. The van der Waals surface area contributed by atoms with E-state index < -0.39 is 11.9 Å². The molecule has 2 aromatic carbocycles. The molecule has 0 fully saturated rings. The van der Waals surface area contributed by atoms with E-state index in [9.17, 15) is 14.7 Å². The molecule has 0 spiro atoms. The van der Waals surface area contributed by atoms with Gasteiger partial charge in [0.05, 0.1) is 5.92 Å². The minimum absolute atomic E-state index is 0.0113. The summed E-state index contributed by atoms with van der Waals surface area (Å²) in [7, 11) is 0. The molecule has 0 aliphatic carbocycles. The maximum absolute atomic E-state index is 12.4. The van der Waals surface area contributed by atoms with Crippen LogP contribution >= 0.6 is 0 Å². The zero-order valence-corrected chi connectivity index (χ0v) is 13.3. The van der Waals surface area contributed by atoms with Crippen LogP contribution in [0, 0.1) is 11.8 Å². The molecule has 0 amide bonds. The molecule has 2 aromatic rings. The second-order valence-corrected chi connectivity index (χ2v) is 5.99. The van der Waals surface area contributed by atoms with Gasteiger partial charge in [0.2, 0.25) is 0 Å². The molecular formula is C20H22O3. The van der Waals surface area contributed by atoms with Crippen LogP contribution in [-0.4, -0.2) is 16.9 Å². The lowest BCUT2D eigenvalue weighted by Crippen LogP contribution is -2.24. The fourth-order valence-corrected chi connectivity index (χ4v) is 2.67. The third kappa shape index (κ3) is 5.37. The molecule has 0 unspecified atom stereocenters. The van der Waals surface area contributed by atoms with Crippen molar-refractivity contribution in [2.45, 2.75) is 26.2 Å². The van der Waals surface area contributed by atoms with E-state index in [1.54, 1.807) is 0 Å². The Labute approximate surface area is 137 Å². The maximum atomic E-state index is 12.4. The molecule has 0 aliphatic heterocycles. The van der Waals surface area contributed by atoms with Crippen molar-refractivity contribution in [1.29, 1.82) is 0 Å². The van der Waals surface area contributed by atoms with Crippen molar-refractivity contribution in [2.24, 2.45) is 11.8 Å². The highest BCUT2D eigenvalue weighted by molar-refractivity contribution is 5.85. The van der Waals surface area contributed by atoms with Gasteiger partial charge in [-0.1, -0.05) is 67.6 Å². The Morgan fingerprint density at radius 3 is 1.83 bits per heavy atom. The van der Waals surface area contributed by atoms with Crippen molar-refractivity contribution in [3.8, 4) is 0 Å². The van der Waals surface area contributed by atoms with E-state index in [1.807, 2.05) is 67.6 Å². The Balaban J connectivity index is 1.96. The van der Waals surface area contributed by atoms with Crippen LogP contribution in [0.25, 0.3) is 0 Å². The van der Waals surface area contributed by atoms with Gasteiger partial charge in [-0.3, -0.25) is 9.59 Å². The van der Waals surface area contributed by atoms with Crippen LogP contribution < -0.4 is 0 Å². The van der Waals surface area contributed by atoms with Gasteiger partial charge >= 0.3 is 5.97 Å². The van der Waals surface area contributed by atoms with Gasteiger partial charge in [0.25, 0.3) is 0 Å². The first kappa shape index (κ1) is 16.9. The van der Waals surface area contributed by atoms with E-state index in [2.05, 4.69) is 0 Å². The van der Waals surface area contributed by atoms with Crippen molar-refractivity contribution in [2.75, 3.05) is 0 Å². The highest BCUT2D eigenvalue weighted by Crippen LogP contribution is 2.18. The summed E-state index contributed by atoms with van der Waals surface area (Å²) in [6, 6.07) is 19.3. The number of benzene rings is 2. The van der Waals surface area contributed by atoms with Gasteiger partial charge in [-0.25, -0.2) is 0 Å². The fourth-order valence-electron chi connectivity index (χ4n) is 2.67. The summed E-state index contributed by atoms with van der Waals surface area (Å²) in [5, 5.41) is 9.40. The van der Waals surface area contributed by atoms with E-state index >= 15 is 0 Å². The molecule has 2 atom stereocenters. The predicted molar refractivity (Wildman–Crippen MR) is 90.2 cm³/mol. The minimum Gasteiger partial charge on any atom is -0.481 e. The first-order valence-electron chi connectivity index (χ1n) is 7.89. The third-order valence-electron chi connectivity index (χ3n) is 4.06. The lowest BCUT2D eigenvalue weighted by atomic mass is 9.88. The van der Waals surface area contributed by atoms with Crippen LogP contribution in [0.4, 0.5) is 0 Å². The van der Waals surface area contributed by atoms with Gasteiger partial charge in [-0.05, 0) is 24.0 Å². The monoisotopic (exact) mass is 310 g/mol. The summed E-state index contributed by atoms with van der Waals surface area (Å²) in [6.07, 6.45) is 1.12. The highest BCUT2D eigenvalue weighted by Gasteiger charge is 2.24. The number of hydrogen-bond acceptors (Lipinski definition) is 2. The van der Waals surface area contributed by atoms with E-state index in [-0.39, 0.29) is 18.1 Å². The molecule has 0 aliphatic rings. The van der Waals surface area contributed by atoms with Gasteiger partial charge in [-0.2, -0.15) is 0 Å². The van der Waals surface area contributed by atoms with Crippen LogP contribution in [-0.2, 0) is 22.4 Å². The summed E-state index contributed by atoms with van der Waals surface area (Å²) >= 11 is 0. The molecular weight excluding hydrogens is 288 g/mol. The number of carboxylic acid groups (broad SMARTS) is 1. The first-order chi connectivity index (χ1) is 11.1. The molecule has 3 heteroatoms. The zero-order valence-electron chi connectivity index (χ0n) is 13.3. The van der Waals surface area contributed by atoms with Crippen LogP contribution in [0.15, 0.2) is 60.7 Å². The average molecular weight is 310 g/mol. The molecule has 2 rings (SSSR count). The van der Waals surface area contributed by atoms with Gasteiger partial charge in [0.1, 0.15) is 5.78 Å². The SMILES string of the molecule is C[C@@H](Cc1ccccc1)C(=O)C[C@@H](Cc1ccccc1)C(=O)O. The van der Waals surface area contributed by atoms with Gasteiger partial charge in [0.15, 0.2) is 0 Å². The normalized spacial score (nSPS) is 13.3. The van der Waals surface area contributed by atoms with Crippen LogP contribution in [0.3, 0.4) is 0 Å². The largest absolute Gasteiger partial charge is 0.481 e. The number of rotatable bonds is 8. The number of carbonyl (C=O) groups excluding carboxylic acids is 1. The van der Waals surface area contributed by atoms with E-state index in [0.717, 1.165) is 11.1 Å². The second-order valence-electron chi connectivity index (χ2n) is 5.99. The summed E-state index contributed by atoms with van der Waals surface area (Å²) in [5.74, 6) is -1.73. The minimum atomic E-state index is -0.908. The van der Waals surface area contributed by atoms with Crippen LogP contribution in [0.1, 0.15) is 24.5 Å². The average Bonchev–Trinajstić information content (AvgIpc) is 2.56. The molecule has 1 N–H and O–H groups in total. The quantitative estimate of drug-likeness (QED) is 0.807. The Kier molecular flexibility index (Phi) is 6.10. The Bertz CT molecular complexity index is 634. The number of hydrogen-bond donors (Lipinski definition) is 1. The molecule has 0 heterocycles. The second kappa shape index (κ2) is 8.28. The molecule has 23 heavy (non-hydrogen) atoms. The smallest absolute Gasteiger partial charge is 0.307 e. The highest BCUT2D eigenvalue weighted by atomic mass is 16.4. The predicted octanol–water partition coefficient (Wildman–Crippen LogP) is 3.77. The van der Waals surface area contributed by atoms with E-state index in [1.165, 1.54) is 0 Å². The summed E-state index contributed by atoms with van der Waals surface area (Å²) in [6.45, 7) is 1.87. The van der Waals surface area contributed by atoms with Crippen molar-refractivity contribution < 1.29 is 14.7 Å². The standard InChI is InChI=1S/C20H22O3/c1-15(12-16-8-4-2-5-9-16)19(21)14-18(20(22)23)13-17-10-6-3-7-11-17/h2-11,15,18H,12-14H2,1H3,(H,22,23)/t15-,18+/m0/s1. The van der Waals surface area contributed by atoms with E-state index in [0.29, 0.717) is 12.8 Å². The first-order valence-corrected chi connectivity index (χ1v) is 7.89. The maximum Gasteiger partial charge on any atom is 0.307 e. The summed E-state index contributed by atoms with van der Waals surface area (Å²) in [4.78, 5) is 23.9. The molecule has 3 nitrogen and oxygen atoms in total. The molecule has 0 aromatic heterocycles. The Morgan fingerprint density at radius 2 is 1.35 bits per heavy atom. The fraction of sp³-hybridized carbons (Fsp3) is 0.300. The van der Waals surface area contributed by atoms with Crippen molar-refractivity contribution >= 4 is 11.8 Å². The number of carbonyl (C=O) groups is 2. The lowest BCUT2D eigenvalue weighted by molar-refractivity contribution is -0.144. The number of ketones is 1. The number of carboxylic acids is 1. The number of Topliss-reactive ketones (excluding diaryl/α,β-unsaturated/α-hetero) is 1. The molecule has 120 valence electrons. The van der Waals surface area contributed by atoms with Gasteiger partial charge < -0.3 is 5.11 Å². The Morgan fingerprint density at radius 1 is 0.870 bits per heavy atom. The molecule has 0 radical (unpaired) electrons. The lowest BCUT2D eigenvalue weighted by Gasteiger charge is -2.15. The summed E-state index contributed by atoms with van der Waals surface area (Å²) in [5.41, 5.74) is 2.05. The topological polar surface area (TPSA) is 54.4 Å². The van der Waals surface area contributed by atoms with E-state index in [4.69, 9.17) is 0 Å². The Hall–Kier alpha value is -2.42. The molecule has 0 saturated carbocycles. The van der Waals surface area contributed by atoms with Crippen molar-refractivity contribution in [3.63, 3.8) is 0 Å². The summed E-state index contributed by atoms with van der Waals surface area (Å²) < 4.78 is 0. The van der Waals surface area contributed by atoms with Crippen LogP contribution in [0.2, 0.25) is 0 Å². The molecule has 0 bridgehead atoms. The van der Waals surface area contributed by atoms with Crippen molar-refractivity contribution in [1.82, 2.24) is 0 Å². The van der Waals surface area contributed by atoms with Crippen LogP contribution in [0.5, 0.6) is 0 Å². The zero-order chi connectivity index (χ0) is 16.7. The third-order valence-corrected chi connectivity index (χ3v) is 4.06.